The summed E-state index contributed by atoms with van der Waals surface area (Å²) < 4.78 is 4.62. The molecule has 0 amide bonds. The van der Waals surface area contributed by atoms with Crippen molar-refractivity contribution in [3.8, 4) is 0 Å². The quantitative estimate of drug-likeness (QED) is 0.846. The van der Waals surface area contributed by atoms with Gasteiger partial charge in [-0.25, -0.2) is 15.0 Å². The van der Waals surface area contributed by atoms with Gasteiger partial charge in [-0.1, -0.05) is 11.6 Å². The van der Waals surface area contributed by atoms with E-state index >= 15 is 0 Å². The molecule has 5 nitrogen and oxygen atoms in total. The van der Waals surface area contributed by atoms with E-state index < -0.39 is 0 Å². The van der Waals surface area contributed by atoms with Crippen LogP contribution in [0, 0.1) is 0 Å². The maximum atomic E-state index is 9.12. The lowest BCUT2D eigenvalue weighted by molar-refractivity contribution is 0.277. The second kappa shape index (κ2) is 4.84. The molecular formula is C7H5ClN4OS2. The Morgan fingerprint density at radius 2 is 2.20 bits per heavy atom. The summed E-state index contributed by atoms with van der Waals surface area (Å²) in [6, 6.07) is 0. The van der Waals surface area contributed by atoms with Crippen LogP contribution < -0.4 is 0 Å². The van der Waals surface area contributed by atoms with Crippen LogP contribution in [0.15, 0.2) is 22.0 Å². The average Bonchev–Trinajstić information content (AvgIpc) is 2.71. The van der Waals surface area contributed by atoms with Crippen molar-refractivity contribution in [2.75, 3.05) is 0 Å². The van der Waals surface area contributed by atoms with E-state index in [-0.39, 0.29) is 11.8 Å². The molecule has 2 heterocycles. The molecule has 78 valence electrons. The molecule has 2 aromatic rings. The van der Waals surface area contributed by atoms with Crippen molar-refractivity contribution in [1.82, 2.24) is 19.3 Å². The van der Waals surface area contributed by atoms with Crippen LogP contribution in [0.1, 0.15) is 5.56 Å². The van der Waals surface area contributed by atoms with Crippen LogP contribution in [0.2, 0.25) is 5.15 Å². The van der Waals surface area contributed by atoms with Crippen LogP contribution in [-0.4, -0.2) is 24.4 Å². The lowest BCUT2D eigenvalue weighted by Gasteiger charge is -2.03. The number of rotatable bonds is 3. The van der Waals surface area contributed by atoms with Crippen molar-refractivity contribution in [2.24, 2.45) is 0 Å². The Morgan fingerprint density at radius 3 is 2.87 bits per heavy atom. The number of hydrogen-bond acceptors (Lipinski definition) is 7. The first-order valence-corrected chi connectivity index (χ1v) is 5.83. The molecule has 0 radical (unpaired) electrons. The number of aromatic nitrogens is 4. The predicted molar refractivity (Wildman–Crippen MR) is 57.0 cm³/mol. The van der Waals surface area contributed by atoms with E-state index in [2.05, 4.69) is 19.3 Å². The van der Waals surface area contributed by atoms with Crippen molar-refractivity contribution < 1.29 is 5.11 Å². The van der Waals surface area contributed by atoms with Gasteiger partial charge in [0.1, 0.15) is 22.8 Å². The van der Waals surface area contributed by atoms with Gasteiger partial charge in [-0.3, -0.25) is 0 Å². The Balaban J connectivity index is 2.32. The van der Waals surface area contributed by atoms with Crippen LogP contribution in [0.25, 0.3) is 0 Å². The summed E-state index contributed by atoms with van der Waals surface area (Å²) in [7, 11) is 0. The van der Waals surface area contributed by atoms with Gasteiger partial charge in [0.25, 0.3) is 0 Å². The summed E-state index contributed by atoms with van der Waals surface area (Å²) in [5.41, 5.74) is 0.513. The molecule has 2 rings (SSSR count). The van der Waals surface area contributed by atoms with E-state index in [9.17, 15) is 0 Å². The normalized spacial score (nSPS) is 10.5. The molecule has 0 aliphatic heterocycles. The summed E-state index contributed by atoms with van der Waals surface area (Å²) >= 11 is 8.38. The van der Waals surface area contributed by atoms with Gasteiger partial charge < -0.3 is 5.11 Å². The molecule has 0 aliphatic rings. The minimum atomic E-state index is -0.194. The first-order chi connectivity index (χ1) is 7.31. The summed E-state index contributed by atoms with van der Waals surface area (Å²) in [5.74, 6) is 0. The smallest absolute Gasteiger partial charge is 0.176 e. The minimum Gasteiger partial charge on any atom is -0.391 e. The Morgan fingerprint density at radius 1 is 1.33 bits per heavy atom. The van der Waals surface area contributed by atoms with Gasteiger partial charge >= 0.3 is 0 Å². The maximum Gasteiger partial charge on any atom is 0.176 e. The topological polar surface area (TPSA) is 71.8 Å². The zero-order valence-electron chi connectivity index (χ0n) is 7.29. The first kappa shape index (κ1) is 10.7. The zero-order chi connectivity index (χ0) is 10.7. The van der Waals surface area contributed by atoms with Gasteiger partial charge in [-0.2, -0.15) is 4.37 Å². The van der Waals surface area contributed by atoms with E-state index in [1.807, 2.05) is 0 Å². The van der Waals surface area contributed by atoms with E-state index in [1.54, 1.807) is 0 Å². The monoisotopic (exact) mass is 260 g/mol. The SMILES string of the molecule is OCc1c(Cl)ncnc1Sc1ncns1. The molecule has 15 heavy (non-hydrogen) atoms. The van der Waals surface area contributed by atoms with Crippen LogP contribution >= 0.6 is 34.9 Å². The third kappa shape index (κ3) is 2.43. The van der Waals surface area contributed by atoms with Crippen molar-refractivity contribution in [1.29, 1.82) is 0 Å². The molecule has 0 fully saturated rings. The van der Waals surface area contributed by atoms with Gasteiger partial charge in [-0.15, -0.1) is 0 Å². The highest BCUT2D eigenvalue weighted by atomic mass is 35.5. The van der Waals surface area contributed by atoms with Gasteiger partial charge in [-0.05, 0) is 23.3 Å². The van der Waals surface area contributed by atoms with Crippen molar-refractivity contribution >= 4 is 34.9 Å². The van der Waals surface area contributed by atoms with E-state index in [4.69, 9.17) is 16.7 Å². The highest BCUT2D eigenvalue weighted by Gasteiger charge is 2.11. The molecule has 0 bridgehead atoms. The van der Waals surface area contributed by atoms with E-state index in [1.165, 1.54) is 35.9 Å². The van der Waals surface area contributed by atoms with Crippen molar-refractivity contribution in [3.63, 3.8) is 0 Å². The van der Waals surface area contributed by atoms with Gasteiger partial charge in [0.2, 0.25) is 0 Å². The Bertz CT molecular complexity index is 450. The maximum absolute atomic E-state index is 9.12. The highest BCUT2D eigenvalue weighted by molar-refractivity contribution is 8.00. The summed E-state index contributed by atoms with van der Waals surface area (Å²) in [5, 5.41) is 9.99. The van der Waals surface area contributed by atoms with Crippen molar-refractivity contribution in [2.45, 2.75) is 16.0 Å². The molecule has 0 atom stereocenters. The highest BCUT2D eigenvalue weighted by Crippen LogP contribution is 2.31. The fourth-order valence-electron chi connectivity index (χ4n) is 0.888. The molecule has 0 unspecified atom stereocenters. The van der Waals surface area contributed by atoms with E-state index in [0.717, 1.165) is 4.34 Å². The second-order valence-corrected chi connectivity index (χ2v) is 4.79. The Labute approximate surface area is 98.7 Å². The number of hydrogen-bond donors (Lipinski definition) is 1. The van der Waals surface area contributed by atoms with Gasteiger partial charge in [0.15, 0.2) is 4.34 Å². The van der Waals surface area contributed by atoms with Crippen LogP contribution in [0.3, 0.4) is 0 Å². The summed E-state index contributed by atoms with van der Waals surface area (Å²) in [6.45, 7) is -0.194. The number of aliphatic hydroxyl groups is 1. The third-order valence-corrected chi connectivity index (χ3v) is 3.62. The lowest BCUT2D eigenvalue weighted by atomic mass is 10.4. The molecular weight excluding hydrogens is 256 g/mol. The molecule has 2 aromatic heterocycles. The van der Waals surface area contributed by atoms with Crippen LogP contribution in [0.4, 0.5) is 0 Å². The summed E-state index contributed by atoms with van der Waals surface area (Å²) in [4.78, 5) is 11.8. The fourth-order valence-corrected chi connectivity index (χ4v) is 2.58. The standard InChI is InChI=1S/C7H5ClN4OS2/c8-5-4(1-13)6(10-2-9-5)14-7-11-3-12-15-7/h2-3,13H,1H2. The minimum absolute atomic E-state index is 0.194. The zero-order valence-corrected chi connectivity index (χ0v) is 9.68. The van der Waals surface area contributed by atoms with Gasteiger partial charge in [0.05, 0.1) is 6.61 Å². The summed E-state index contributed by atoms with van der Waals surface area (Å²) in [6.07, 6.45) is 2.82. The molecule has 8 heteroatoms. The molecule has 0 aliphatic carbocycles. The van der Waals surface area contributed by atoms with E-state index in [0.29, 0.717) is 10.6 Å². The number of halogens is 1. The second-order valence-electron chi connectivity index (χ2n) is 2.42. The van der Waals surface area contributed by atoms with Crippen LogP contribution in [0.5, 0.6) is 0 Å². The molecule has 0 aromatic carbocycles. The van der Waals surface area contributed by atoms with Gasteiger partial charge in [0, 0.05) is 5.56 Å². The third-order valence-electron chi connectivity index (χ3n) is 1.54. The Hall–Kier alpha value is -0.760. The number of aliphatic hydroxyl groups excluding tert-OH is 1. The number of nitrogens with zero attached hydrogens (tertiary/aromatic N) is 4. The predicted octanol–water partition coefficient (Wildman–Crippen LogP) is 1.62. The van der Waals surface area contributed by atoms with Crippen molar-refractivity contribution in [3.05, 3.63) is 23.4 Å². The molecule has 0 spiro atoms. The molecule has 0 saturated heterocycles. The lowest BCUT2D eigenvalue weighted by Crippen LogP contribution is -1.94. The molecule has 1 N–H and O–H groups in total. The largest absolute Gasteiger partial charge is 0.391 e. The van der Waals surface area contributed by atoms with Crippen LogP contribution in [-0.2, 0) is 6.61 Å². The first-order valence-electron chi connectivity index (χ1n) is 3.86. The Kier molecular flexibility index (Phi) is 3.47. The average molecular weight is 261 g/mol. The molecule has 0 saturated carbocycles. The fraction of sp³-hybridized carbons (Fsp3) is 0.143.